The number of hydrogen-bond acceptors (Lipinski definition) is 5. The first-order chi connectivity index (χ1) is 3.46. The minimum absolute atomic E-state index is 0. The Morgan fingerprint density at radius 2 is 0.917 bits per heavy atom. The van der Waals surface area contributed by atoms with Crippen LogP contribution in [0.2, 0.25) is 0 Å². The van der Waals surface area contributed by atoms with Crippen molar-refractivity contribution in [3.8, 4) is 0 Å². The molecule has 0 atom stereocenters. The average Bonchev–Trinajstić information content (AvgIpc) is 1.25. The first kappa shape index (κ1) is 37.5. The van der Waals surface area contributed by atoms with Gasteiger partial charge >= 0.3 is 88.7 Å². The molecule has 12 heavy (non-hydrogen) atoms. The van der Waals surface area contributed by atoms with Crippen molar-refractivity contribution in [2.45, 2.75) is 0 Å². The molecule has 0 unspecified atom stereocenters. The van der Waals surface area contributed by atoms with Crippen LogP contribution in [0.1, 0.15) is 0 Å². The maximum absolute atomic E-state index is 8.44. The molecule has 0 amide bonds. The molecule has 0 saturated heterocycles. The maximum atomic E-state index is 8.44. The van der Waals surface area contributed by atoms with Gasteiger partial charge in [-0.15, -0.1) is 0 Å². The quantitative estimate of drug-likeness (QED) is 0.389. The van der Waals surface area contributed by atoms with Gasteiger partial charge in [-0.3, -0.25) is 0 Å². The summed E-state index contributed by atoms with van der Waals surface area (Å²) in [5.41, 5.74) is 0. The van der Waals surface area contributed by atoms with E-state index in [-0.39, 0.29) is 94.1 Å². The van der Waals surface area contributed by atoms with E-state index in [1.54, 1.807) is 0 Å². The zero-order valence-corrected chi connectivity index (χ0v) is 13.0. The van der Waals surface area contributed by atoms with Gasteiger partial charge in [-0.05, 0) is 6.16 Å². The Morgan fingerprint density at radius 3 is 0.917 bits per heavy atom. The summed E-state index contributed by atoms with van der Waals surface area (Å²) < 4.78 is 0. The second-order valence-electron chi connectivity index (χ2n) is 0.516. The molecule has 10 heteroatoms. The third-order valence-corrected chi connectivity index (χ3v) is 0. The van der Waals surface area contributed by atoms with E-state index in [0.717, 1.165) is 0 Å². The van der Waals surface area contributed by atoms with Gasteiger partial charge < -0.3 is 35.5 Å². The maximum Gasteiger partial charge on any atom is 1.00 e. The molecule has 0 heterocycles. The van der Waals surface area contributed by atoms with Crippen molar-refractivity contribution in [2.75, 3.05) is 0 Å². The summed E-state index contributed by atoms with van der Waals surface area (Å²) in [4.78, 5) is 16.8. The summed E-state index contributed by atoms with van der Waals surface area (Å²) in [5, 5.41) is 32.0. The van der Waals surface area contributed by atoms with E-state index >= 15 is 0 Å². The van der Waals surface area contributed by atoms with Crippen molar-refractivity contribution in [3.63, 3.8) is 0 Å². The predicted octanol–water partition coefficient (Wildman–Crippen LogP) is -13.4. The second-order valence-corrected chi connectivity index (χ2v) is 0.516. The molecule has 7 nitrogen and oxygen atoms in total. The Kier molecular flexibility index (Phi) is 91.8. The molecule has 0 aliphatic rings. The van der Waals surface area contributed by atoms with Gasteiger partial charge in [0.25, 0.3) is 0 Å². The third-order valence-electron chi connectivity index (χ3n) is 0. The fourth-order valence-electron chi connectivity index (χ4n) is 0. The normalized spacial score (nSPS) is 4.00. The van der Waals surface area contributed by atoms with Gasteiger partial charge in [0.05, 0.1) is 0 Å². The summed E-state index contributed by atoms with van der Waals surface area (Å²) >= 11 is 0. The van der Waals surface area contributed by atoms with E-state index in [4.69, 9.17) is 30.0 Å². The van der Waals surface area contributed by atoms with Gasteiger partial charge in [-0.25, -0.2) is 0 Å². The van der Waals surface area contributed by atoms with Crippen LogP contribution in [0, 0.1) is 0 Å². The van der Waals surface area contributed by atoms with Crippen molar-refractivity contribution in [3.05, 3.63) is 0 Å². The van der Waals surface area contributed by atoms with Crippen molar-refractivity contribution >= 4 is 12.3 Å². The van der Waals surface area contributed by atoms with Crippen molar-refractivity contribution in [1.82, 2.24) is 0 Å². The minimum Gasteiger partial charge on any atom is -0.652 e. The molecule has 0 aliphatic carbocycles. The summed E-state index contributed by atoms with van der Waals surface area (Å²) in [6, 6.07) is 0. The Morgan fingerprint density at radius 1 is 0.917 bits per heavy atom. The molecule has 0 bridgehead atoms. The molecule has 0 aromatic rings. The first-order valence-corrected chi connectivity index (χ1v) is 1.24. The largest absolute Gasteiger partial charge is 1.00 e. The van der Waals surface area contributed by atoms with Crippen LogP contribution in [0.3, 0.4) is 0 Å². The monoisotopic (exact) mass is 208 g/mol. The fourth-order valence-corrected chi connectivity index (χ4v) is 0. The second kappa shape index (κ2) is 29.4. The van der Waals surface area contributed by atoms with Crippen LogP contribution in [-0.2, 0) is 0 Å². The smallest absolute Gasteiger partial charge is 0.652 e. The van der Waals surface area contributed by atoms with E-state index in [2.05, 4.69) is 0 Å². The van der Waals surface area contributed by atoms with Crippen molar-refractivity contribution < 1.29 is 124 Å². The van der Waals surface area contributed by atoms with Crippen LogP contribution in [-0.4, -0.2) is 22.9 Å². The topological polar surface area (TPSA) is 155 Å². The Labute approximate surface area is 134 Å². The van der Waals surface area contributed by atoms with Crippen LogP contribution >= 0.6 is 0 Å². The minimum atomic E-state index is -2.33. The molecule has 0 radical (unpaired) electrons. The van der Waals surface area contributed by atoms with Gasteiger partial charge in [-0.2, -0.15) is 0 Å². The Bertz CT molecular complexity index is 74.7. The summed E-state index contributed by atoms with van der Waals surface area (Å²) in [6.07, 6.45) is -4.42. The SMILES string of the molecule is O.O=C([O-])O.O=C([O-])[O-].[Na+].[Na+].[Na+]. The molecular formula is C2H3Na3O7. The standard InChI is InChI=1S/2CH2O3.3Na.H2O/c2*2-1(3)4;;;;/h2*(H2,2,3,4);;;;1H2/q;;3*+1;/p-3. The van der Waals surface area contributed by atoms with E-state index in [1.807, 2.05) is 0 Å². The van der Waals surface area contributed by atoms with Gasteiger partial charge in [0.1, 0.15) is 0 Å². The van der Waals surface area contributed by atoms with Crippen LogP contribution in [0.25, 0.3) is 0 Å². The molecule has 0 fully saturated rings. The Balaban J connectivity index is -0.0000000112. The number of carbonyl (C=O) groups excluding carboxylic acids is 1. The number of rotatable bonds is 0. The predicted molar refractivity (Wildman–Crippen MR) is 17.0 cm³/mol. The summed E-state index contributed by atoms with van der Waals surface area (Å²) in [7, 11) is 0. The zero-order valence-electron chi connectivity index (χ0n) is 6.99. The van der Waals surface area contributed by atoms with Crippen LogP contribution in [0.15, 0.2) is 0 Å². The first-order valence-electron chi connectivity index (χ1n) is 1.24. The molecule has 0 aromatic carbocycles. The van der Waals surface area contributed by atoms with E-state index in [9.17, 15) is 0 Å². The van der Waals surface area contributed by atoms with Crippen LogP contribution in [0.4, 0.5) is 9.59 Å². The molecule has 0 spiro atoms. The number of carbonyl (C=O) groups is 2. The molecular weight excluding hydrogens is 205 g/mol. The molecule has 3 N–H and O–H groups in total. The average molecular weight is 208 g/mol. The van der Waals surface area contributed by atoms with E-state index in [1.165, 1.54) is 0 Å². The summed E-state index contributed by atoms with van der Waals surface area (Å²) in [5.74, 6) is 0. The van der Waals surface area contributed by atoms with Crippen LogP contribution < -0.4 is 104 Å². The molecule has 56 valence electrons. The Hall–Kier alpha value is 1.50. The van der Waals surface area contributed by atoms with Gasteiger partial charge in [0, 0.05) is 0 Å². The van der Waals surface area contributed by atoms with Gasteiger partial charge in [0.15, 0.2) is 0 Å². The molecule has 0 rings (SSSR count). The van der Waals surface area contributed by atoms with E-state index < -0.39 is 12.3 Å². The van der Waals surface area contributed by atoms with Crippen molar-refractivity contribution in [1.29, 1.82) is 0 Å². The number of carboxylic acid groups (broad SMARTS) is 4. The van der Waals surface area contributed by atoms with Gasteiger partial charge in [-0.1, -0.05) is 0 Å². The van der Waals surface area contributed by atoms with E-state index in [0.29, 0.717) is 0 Å². The zero-order chi connectivity index (χ0) is 7.15. The fraction of sp³-hybridized carbons (Fsp3) is 0. The third kappa shape index (κ3) is 564. The summed E-state index contributed by atoms with van der Waals surface area (Å²) in [6.45, 7) is 0. The molecule has 0 aliphatic heterocycles. The van der Waals surface area contributed by atoms with Crippen LogP contribution in [0.5, 0.6) is 0 Å². The van der Waals surface area contributed by atoms with Crippen molar-refractivity contribution in [2.24, 2.45) is 0 Å². The molecule has 0 aromatic heterocycles. The van der Waals surface area contributed by atoms with Gasteiger partial charge in [0.2, 0.25) is 6.16 Å². The number of hydrogen-bond donors (Lipinski definition) is 1. The molecule has 0 saturated carbocycles.